The molecule has 0 aliphatic heterocycles. The number of fused-ring (bicyclic) bond motifs is 1. The zero-order valence-corrected chi connectivity index (χ0v) is 12.5. The first-order valence-corrected chi connectivity index (χ1v) is 7.32. The molecule has 2 aromatic carbocycles. The van der Waals surface area contributed by atoms with Gasteiger partial charge in [0.1, 0.15) is 0 Å². The number of rotatable bonds is 4. The summed E-state index contributed by atoms with van der Waals surface area (Å²) in [5, 5.41) is 5.95. The van der Waals surface area contributed by atoms with Crippen LogP contribution >= 0.6 is 11.6 Å². The van der Waals surface area contributed by atoms with Gasteiger partial charge in [0.25, 0.3) is 0 Å². The van der Waals surface area contributed by atoms with Crippen molar-refractivity contribution in [3.05, 3.63) is 59.4 Å². The summed E-state index contributed by atoms with van der Waals surface area (Å²) in [6.45, 7) is 0.577. The molecule has 3 aromatic rings. The Morgan fingerprint density at radius 2 is 2.00 bits per heavy atom. The maximum absolute atomic E-state index is 11.9. The third kappa shape index (κ3) is 3.56. The summed E-state index contributed by atoms with van der Waals surface area (Å²) in [4.78, 5) is 18.9. The normalized spacial score (nSPS) is 10.6. The highest BCUT2D eigenvalue weighted by Crippen LogP contribution is 2.18. The maximum Gasteiger partial charge on any atom is 0.319 e. The van der Waals surface area contributed by atoms with Crippen molar-refractivity contribution in [3.8, 4) is 0 Å². The monoisotopic (exact) mass is 314 g/mol. The SMILES string of the molecule is O=C(NCCc1ccccc1)Nc1ccc2nc(Cl)[nH]c2c1. The van der Waals surface area contributed by atoms with Gasteiger partial charge in [-0.15, -0.1) is 0 Å². The first-order chi connectivity index (χ1) is 10.7. The fourth-order valence-electron chi connectivity index (χ4n) is 2.20. The molecule has 5 nitrogen and oxygen atoms in total. The van der Waals surface area contributed by atoms with E-state index in [-0.39, 0.29) is 6.03 Å². The van der Waals surface area contributed by atoms with Gasteiger partial charge in [0.15, 0.2) is 0 Å². The molecule has 0 saturated carbocycles. The summed E-state index contributed by atoms with van der Waals surface area (Å²) >= 11 is 5.80. The molecular formula is C16H15ClN4O. The number of halogens is 1. The number of urea groups is 1. The van der Waals surface area contributed by atoms with Crippen molar-refractivity contribution in [3.63, 3.8) is 0 Å². The van der Waals surface area contributed by atoms with Crippen molar-refractivity contribution in [2.45, 2.75) is 6.42 Å². The van der Waals surface area contributed by atoms with Gasteiger partial charge in [-0.25, -0.2) is 9.78 Å². The molecule has 0 radical (unpaired) electrons. The van der Waals surface area contributed by atoms with Crippen LogP contribution in [0.1, 0.15) is 5.56 Å². The molecule has 2 amide bonds. The summed E-state index contributed by atoms with van der Waals surface area (Å²) in [5.41, 5.74) is 3.42. The van der Waals surface area contributed by atoms with E-state index in [0.717, 1.165) is 17.5 Å². The Kier molecular flexibility index (Phi) is 4.25. The average molecular weight is 315 g/mol. The molecule has 0 bridgehead atoms. The summed E-state index contributed by atoms with van der Waals surface area (Å²) < 4.78 is 0. The number of nitrogens with one attached hydrogen (secondary N) is 3. The molecule has 6 heteroatoms. The van der Waals surface area contributed by atoms with Gasteiger partial charge in [-0.1, -0.05) is 30.3 Å². The number of aromatic nitrogens is 2. The van der Waals surface area contributed by atoms with Crippen LogP contribution in [-0.4, -0.2) is 22.5 Å². The number of carbonyl (C=O) groups excluding carboxylic acids is 1. The summed E-state index contributed by atoms with van der Waals surface area (Å²) in [6, 6.07) is 15.2. The minimum Gasteiger partial charge on any atom is -0.338 e. The van der Waals surface area contributed by atoms with E-state index in [1.54, 1.807) is 18.2 Å². The second kappa shape index (κ2) is 6.49. The summed E-state index contributed by atoms with van der Waals surface area (Å²) in [7, 11) is 0. The number of benzene rings is 2. The Hall–Kier alpha value is -2.53. The minimum atomic E-state index is -0.235. The van der Waals surface area contributed by atoms with E-state index >= 15 is 0 Å². The van der Waals surface area contributed by atoms with Crippen molar-refractivity contribution in [1.82, 2.24) is 15.3 Å². The topological polar surface area (TPSA) is 69.8 Å². The molecule has 0 atom stereocenters. The predicted molar refractivity (Wildman–Crippen MR) is 88.3 cm³/mol. The standard InChI is InChI=1S/C16H15ClN4O/c17-15-20-13-7-6-12(10-14(13)21-15)19-16(22)18-9-8-11-4-2-1-3-5-11/h1-7,10H,8-9H2,(H,20,21)(H2,18,19,22). The highest BCUT2D eigenvalue weighted by molar-refractivity contribution is 6.29. The molecule has 0 saturated heterocycles. The third-order valence-corrected chi connectivity index (χ3v) is 3.43. The lowest BCUT2D eigenvalue weighted by Crippen LogP contribution is -2.30. The zero-order chi connectivity index (χ0) is 15.4. The van der Waals surface area contributed by atoms with Crippen LogP contribution in [0.3, 0.4) is 0 Å². The van der Waals surface area contributed by atoms with E-state index < -0.39 is 0 Å². The van der Waals surface area contributed by atoms with Crippen LogP contribution < -0.4 is 10.6 Å². The maximum atomic E-state index is 11.9. The van der Waals surface area contributed by atoms with Crippen LogP contribution in [0.5, 0.6) is 0 Å². The lowest BCUT2D eigenvalue weighted by atomic mass is 10.1. The fourth-order valence-corrected chi connectivity index (χ4v) is 2.39. The third-order valence-electron chi connectivity index (χ3n) is 3.25. The minimum absolute atomic E-state index is 0.235. The molecule has 1 heterocycles. The number of H-pyrrole nitrogens is 1. The van der Waals surface area contributed by atoms with Crippen LogP contribution in [0.15, 0.2) is 48.5 Å². The van der Waals surface area contributed by atoms with Gasteiger partial charge in [0, 0.05) is 12.2 Å². The van der Waals surface area contributed by atoms with Crippen LogP contribution in [0.25, 0.3) is 11.0 Å². The van der Waals surface area contributed by atoms with Crippen LogP contribution in [0.2, 0.25) is 5.28 Å². The van der Waals surface area contributed by atoms with Crippen LogP contribution in [0, 0.1) is 0 Å². The number of imidazole rings is 1. The summed E-state index contributed by atoms with van der Waals surface area (Å²) in [5.74, 6) is 0. The van der Waals surface area contributed by atoms with E-state index in [9.17, 15) is 4.79 Å². The van der Waals surface area contributed by atoms with Gasteiger partial charge in [0.2, 0.25) is 5.28 Å². The van der Waals surface area contributed by atoms with Gasteiger partial charge < -0.3 is 15.6 Å². The Morgan fingerprint density at radius 3 is 2.82 bits per heavy atom. The number of hydrogen-bond donors (Lipinski definition) is 3. The zero-order valence-electron chi connectivity index (χ0n) is 11.8. The largest absolute Gasteiger partial charge is 0.338 e. The molecule has 112 valence electrons. The first kappa shape index (κ1) is 14.4. The van der Waals surface area contributed by atoms with Gasteiger partial charge in [-0.05, 0) is 41.8 Å². The van der Waals surface area contributed by atoms with Gasteiger partial charge in [-0.3, -0.25) is 0 Å². The molecular weight excluding hydrogens is 300 g/mol. The van der Waals surface area contributed by atoms with E-state index in [1.165, 1.54) is 5.56 Å². The van der Waals surface area contributed by atoms with Gasteiger partial charge in [0.05, 0.1) is 11.0 Å². The predicted octanol–water partition coefficient (Wildman–Crippen LogP) is 3.58. The fraction of sp³-hybridized carbons (Fsp3) is 0.125. The highest BCUT2D eigenvalue weighted by Gasteiger charge is 2.05. The van der Waals surface area contributed by atoms with Crippen LogP contribution in [-0.2, 0) is 6.42 Å². The number of carbonyl (C=O) groups is 1. The van der Waals surface area contributed by atoms with E-state index in [0.29, 0.717) is 17.5 Å². The van der Waals surface area contributed by atoms with Crippen molar-refractivity contribution >= 4 is 34.4 Å². The van der Waals surface area contributed by atoms with Crippen molar-refractivity contribution in [2.75, 3.05) is 11.9 Å². The number of amides is 2. The van der Waals surface area contributed by atoms with E-state index in [1.807, 2.05) is 30.3 Å². The molecule has 1 aromatic heterocycles. The van der Waals surface area contributed by atoms with Crippen molar-refractivity contribution < 1.29 is 4.79 Å². The Bertz CT molecular complexity index is 785. The molecule has 0 aliphatic carbocycles. The quantitative estimate of drug-likeness (QED) is 0.689. The Balaban J connectivity index is 1.54. The molecule has 3 rings (SSSR count). The number of aromatic amines is 1. The lowest BCUT2D eigenvalue weighted by molar-refractivity contribution is 0.252. The molecule has 0 unspecified atom stereocenters. The van der Waals surface area contributed by atoms with E-state index in [4.69, 9.17) is 11.6 Å². The van der Waals surface area contributed by atoms with Crippen LogP contribution in [0.4, 0.5) is 10.5 Å². The Morgan fingerprint density at radius 1 is 1.18 bits per heavy atom. The van der Waals surface area contributed by atoms with Crippen molar-refractivity contribution in [1.29, 1.82) is 0 Å². The molecule has 22 heavy (non-hydrogen) atoms. The number of hydrogen-bond acceptors (Lipinski definition) is 2. The number of nitrogens with zero attached hydrogens (tertiary/aromatic N) is 1. The second-order valence-corrected chi connectivity index (χ2v) is 5.23. The molecule has 0 spiro atoms. The molecule has 0 fully saturated rings. The molecule has 0 aliphatic rings. The summed E-state index contributed by atoms with van der Waals surface area (Å²) in [6.07, 6.45) is 0.795. The van der Waals surface area contributed by atoms with Crippen molar-refractivity contribution in [2.24, 2.45) is 0 Å². The van der Waals surface area contributed by atoms with Gasteiger partial charge >= 0.3 is 6.03 Å². The second-order valence-electron chi connectivity index (χ2n) is 4.88. The smallest absolute Gasteiger partial charge is 0.319 e. The van der Waals surface area contributed by atoms with E-state index in [2.05, 4.69) is 20.6 Å². The average Bonchev–Trinajstić information content (AvgIpc) is 2.87. The molecule has 3 N–H and O–H groups in total. The highest BCUT2D eigenvalue weighted by atomic mass is 35.5. The lowest BCUT2D eigenvalue weighted by Gasteiger charge is -2.07. The first-order valence-electron chi connectivity index (χ1n) is 6.95. The number of anilines is 1. The Labute approximate surface area is 132 Å². The van der Waals surface area contributed by atoms with Gasteiger partial charge in [-0.2, -0.15) is 0 Å².